The van der Waals surface area contributed by atoms with Crippen LogP contribution in [0.5, 0.6) is 0 Å². The summed E-state index contributed by atoms with van der Waals surface area (Å²) in [5.74, 6) is -0.397. The Kier molecular flexibility index (Phi) is 3.20. The molecule has 0 saturated carbocycles. The maximum absolute atomic E-state index is 13.1. The van der Waals surface area contributed by atoms with E-state index < -0.39 is 11.9 Å². The van der Waals surface area contributed by atoms with Gasteiger partial charge in [0.2, 0.25) is 0 Å². The van der Waals surface area contributed by atoms with E-state index in [1.807, 2.05) is 0 Å². The first-order valence-corrected chi connectivity index (χ1v) is 4.26. The van der Waals surface area contributed by atoms with E-state index in [-0.39, 0.29) is 6.61 Å². The third kappa shape index (κ3) is 1.83. The molecule has 0 bridgehead atoms. The maximum atomic E-state index is 13.1. The van der Waals surface area contributed by atoms with Gasteiger partial charge in [-0.15, -0.1) is 0 Å². The van der Waals surface area contributed by atoms with Gasteiger partial charge in [-0.05, 0) is 12.1 Å². The minimum atomic E-state index is -0.666. The van der Waals surface area contributed by atoms with Gasteiger partial charge < -0.3 is 10.8 Å². The molecule has 1 aromatic rings. The Morgan fingerprint density at radius 2 is 2.25 bits per heavy atom. The minimum Gasteiger partial charge on any atom is -0.394 e. The van der Waals surface area contributed by atoms with Crippen LogP contribution in [0.2, 0.25) is 0 Å². The highest BCUT2D eigenvalue weighted by Crippen LogP contribution is 2.24. The molecular weight excluding hydrogens is 225 g/mol. The third-order valence-electron chi connectivity index (χ3n) is 1.57. The van der Waals surface area contributed by atoms with Crippen molar-refractivity contribution in [2.24, 2.45) is 5.73 Å². The Morgan fingerprint density at radius 3 is 2.75 bits per heavy atom. The topological polar surface area (TPSA) is 46.2 Å². The van der Waals surface area contributed by atoms with E-state index in [2.05, 4.69) is 15.9 Å². The van der Waals surface area contributed by atoms with E-state index in [0.29, 0.717) is 10.0 Å². The van der Waals surface area contributed by atoms with Crippen LogP contribution in [-0.2, 0) is 0 Å². The molecule has 0 saturated heterocycles. The molecule has 0 aromatic heterocycles. The second-order valence-electron chi connectivity index (χ2n) is 2.42. The Morgan fingerprint density at radius 1 is 1.58 bits per heavy atom. The summed E-state index contributed by atoms with van der Waals surface area (Å²) in [7, 11) is 0. The standard InChI is InChI=1S/C8H9BrFNO/c9-5-2-1-3-6(10)8(5)7(11)4-12/h1-3,7,12H,4,11H2/t7-/m1/s1. The maximum Gasteiger partial charge on any atom is 0.129 e. The number of hydrogen-bond acceptors (Lipinski definition) is 2. The molecule has 0 radical (unpaired) electrons. The molecule has 0 aliphatic heterocycles. The smallest absolute Gasteiger partial charge is 0.129 e. The van der Waals surface area contributed by atoms with Crippen LogP contribution in [0.15, 0.2) is 22.7 Å². The Labute approximate surface area is 78.3 Å². The van der Waals surface area contributed by atoms with Crippen molar-refractivity contribution in [3.63, 3.8) is 0 Å². The monoisotopic (exact) mass is 233 g/mol. The lowest BCUT2D eigenvalue weighted by atomic mass is 10.1. The van der Waals surface area contributed by atoms with Crippen LogP contribution in [0.3, 0.4) is 0 Å². The van der Waals surface area contributed by atoms with Gasteiger partial charge in [0.15, 0.2) is 0 Å². The van der Waals surface area contributed by atoms with Crippen molar-refractivity contribution in [2.75, 3.05) is 6.61 Å². The first kappa shape index (κ1) is 9.64. The molecule has 4 heteroatoms. The van der Waals surface area contributed by atoms with Crippen LogP contribution in [0.25, 0.3) is 0 Å². The van der Waals surface area contributed by atoms with Crippen LogP contribution in [0, 0.1) is 5.82 Å². The molecule has 0 unspecified atom stereocenters. The van der Waals surface area contributed by atoms with Crippen LogP contribution in [0.1, 0.15) is 11.6 Å². The van der Waals surface area contributed by atoms with Gasteiger partial charge in [0.25, 0.3) is 0 Å². The van der Waals surface area contributed by atoms with Crippen molar-refractivity contribution in [3.8, 4) is 0 Å². The van der Waals surface area contributed by atoms with E-state index in [0.717, 1.165) is 0 Å². The van der Waals surface area contributed by atoms with Crippen LogP contribution in [0.4, 0.5) is 4.39 Å². The van der Waals surface area contributed by atoms with Gasteiger partial charge in [0.05, 0.1) is 12.6 Å². The fourth-order valence-corrected chi connectivity index (χ4v) is 1.59. The molecule has 0 aliphatic carbocycles. The summed E-state index contributed by atoms with van der Waals surface area (Å²) in [6, 6.07) is 3.91. The lowest BCUT2D eigenvalue weighted by Crippen LogP contribution is -2.16. The second kappa shape index (κ2) is 3.98. The lowest BCUT2D eigenvalue weighted by Gasteiger charge is -2.11. The largest absolute Gasteiger partial charge is 0.394 e. The quantitative estimate of drug-likeness (QED) is 0.815. The molecule has 3 N–H and O–H groups in total. The Balaban J connectivity index is 3.12. The first-order chi connectivity index (χ1) is 5.66. The van der Waals surface area contributed by atoms with E-state index in [1.165, 1.54) is 6.07 Å². The molecule has 0 fully saturated rings. The molecule has 12 heavy (non-hydrogen) atoms. The van der Waals surface area contributed by atoms with Crippen molar-refractivity contribution >= 4 is 15.9 Å². The van der Waals surface area contributed by atoms with Gasteiger partial charge in [-0.25, -0.2) is 4.39 Å². The highest BCUT2D eigenvalue weighted by molar-refractivity contribution is 9.10. The van der Waals surface area contributed by atoms with E-state index in [9.17, 15) is 4.39 Å². The molecule has 0 aliphatic rings. The average Bonchev–Trinajstić information content (AvgIpc) is 2.03. The fraction of sp³-hybridized carbons (Fsp3) is 0.250. The van der Waals surface area contributed by atoms with Crippen LogP contribution < -0.4 is 5.73 Å². The first-order valence-electron chi connectivity index (χ1n) is 3.47. The summed E-state index contributed by atoms with van der Waals surface area (Å²) in [6.45, 7) is -0.264. The van der Waals surface area contributed by atoms with Gasteiger partial charge in [0, 0.05) is 10.0 Å². The van der Waals surface area contributed by atoms with Crippen molar-refractivity contribution in [1.29, 1.82) is 0 Å². The van der Waals surface area contributed by atoms with Crippen molar-refractivity contribution in [2.45, 2.75) is 6.04 Å². The van der Waals surface area contributed by atoms with E-state index >= 15 is 0 Å². The number of hydrogen-bond donors (Lipinski definition) is 2. The summed E-state index contributed by atoms with van der Waals surface area (Å²) in [5.41, 5.74) is 5.80. The second-order valence-corrected chi connectivity index (χ2v) is 3.28. The number of halogens is 2. The zero-order valence-corrected chi connectivity index (χ0v) is 7.88. The number of nitrogens with two attached hydrogens (primary N) is 1. The molecule has 1 aromatic carbocycles. The SMILES string of the molecule is N[C@H](CO)c1c(F)cccc1Br. The predicted molar refractivity (Wildman–Crippen MR) is 48.1 cm³/mol. The van der Waals surface area contributed by atoms with Gasteiger partial charge in [-0.3, -0.25) is 0 Å². The van der Waals surface area contributed by atoms with Crippen LogP contribution >= 0.6 is 15.9 Å². The minimum absolute atomic E-state index is 0.264. The molecule has 0 heterocycles. The van der Waals surface area contributed by atoms with Gasteiger partial charge in [-0.2, -0.15) is 0 Å². The summed E-state index contributed by atoms with van der Waals surface area (Å²) in [4.78, 5) is 0. The molecular formula is C8H9BrFNO. The zero-order valence-electron chi connectivity index (χ0n) is 6.30. The number of aliphatic hydroxyl groups excluding tert-OH is 1. The Bertz CT molecular complexity index is 260. The summed E-state index contributed by atoms with van der Waals surface area (Å²) < 4.78 is 13.7. The normalized spacial score (nSPS) is 13.0. The van der Waals surface area contributed by atoms with Gasteiger partial charge in [-0.1, -0.05) is 22.0 Å². The molecule has 66 valence electrons. The molecule has 2 nitrogen and oxygen atoms in total. The van der Waals surface area contributed by atoms with E-state index in [4.69, 9.17) is 10.8 Å². The summed E-state index contributed by atoms with van der Waals surface area (Å²) in [5, 5.41) is 8.72. The summed E-state index contributed by atoms with van der Waals surface area (Å²) >= 11 is 3.16. The molecule has 1 rings (SSSR count). The third-order valence-corrected chi connectivity index (χ3v) is 2.26. The molecule has 0 amide bonds. The highest BCUT2D eigenvalue weighted by atomic mass is 79.9. The van der Waals surface area contributed by atoms with E-state index in [1.54, 1.807) is 12.1 Å². The number of aliphatic hydroxyl groups is 1. The fourth-order valence-electron chi connectivity index (χ4n) is 0.956. The number of benzene rings is 1. The molecule has 1 atom stereocenters. The summed E-state index contributed by atoms with van der Waals surface area (Å²) in [6.07, 6.45) is 0. The van der Waals surface area contributed by atoms with Gasteiger partial charge >= 0.3 is 0 Å². The lowest BCUT2D eigenvalue weighted by molar-refractivity contribution is 0.265. The number of rotatable bonds is 2. The Hall–Kier alpha value is -0.450. The van der Waals surface area contributed by atoms with Crippen LogP contribution in [-0.4, -0.2) is 11.7 Å². The van der Waals surface area contributed by atoms with Crippen molar-refractivity contribution in [1.82, 2.24) is 0 Å². The predicted octanol–water partition coefficient (Wildman–Crippen LogP) is 1.58. The average molecular weight is 234 g/mol. The zero-order chi connectivity index (χ0) is 9.14. The van der Waals surface area contributed by atoms with Crippen molar-refractivity contribution < 1.29 is 9.50 Å². The van der Waals surface area contributed by atoms with Gasteiger partial charge in [0.1, 0.15) is 5.82 Å². The van der Waals surface area contributed by atoms with Crippen molar-refractivity contribution in [3.05, 3.63) is 34.1 Å². The highest BCUT2D eigenvalue weighted by Gasteiger charge is 2.13. The molecule has 0 spiro atoms.